The fourth-order valence-corrected chi connectivity index (χ4v) is 8.12. The summed E-state index contributed by atoms with van der Waals surface area (Å²) in [6.45, 7) is 0. The van der Waals surface area contributed by atoms with E-state index in [2.05, 4.69) is 91.2 Å². The minimum Gasteiger partial charge on any atom is -1.00 e. The van der Waals surface area contributed by atoms with E-state index in [1.807, 2.05) is 35.3 Å². The van der Waals surface area contributed by atoms with E-state index in [4.69, 9.17) is 0 Å². The van der Waals surface area contributed by atoms with Crippen LogP contribution in [0, 0.1) is 12.2 Å². The summed E-state index contributed by atoms with van der Waals surface area (Å²) in [5.41, 5.74) is 2.63. The third-order valence-corrected chi connectivity index (χ3v) is 9.50. The Balaban J connectivity index is 0.000000853. The fraction of sp³-hybridized carbons (Fsp3) is 0.0909. The molecule has 0 radical (unpaired) electrons. The largest absolute Gasteiger partial charge is 4.00 e. The number of hydrogen-bond acceptors (Lipinski definition) is 3. The first-order valence-corrected chi connectivity index (χ1v) is 12.7. The van der Waals surface area contributed by atoms with Crippen LogP contribution >= 0.6 is 67.1 Å². The van der Waals surface area contributed by atoms with Crippen LogP contribution in [0.15, 0.2) is 53.8 Å². The SMILES string of the molecule is Brc1cc(Sc2c(Br)ccc3c2=CC2SC=[C-]C=32)c2c(c1)=CC1SC=[C-]C=21.[Cl-].[Cl-].[Zr+4]. The first-order valence-electron chi connectivity index (χ1n) is 8.44. The molecule has 2 atom stereocenters. The zero-order valence-corrected chi connectivity index (χ0v) is 24.6. The van der Waals surface area contributed by atoms with Gasteiger partial charge in [-0.3, -0.25) is 0 Å². The molecule has 30 heavy (non-hydrogen) atoms. The molecular weight excluding hydrogens is 682 g/mol. The molecule has 0 amide bonds. The molecule has 0 saturated carbocycles. The molecule has 2 aromatic rings. The van der Waals surface area contributed by atoms with Gasteiger partial charge in [0.1, 0.15) is 0 Å². The fourth-order valence-electron chi connectivity index (χ4n) is 3.94. The van der Waals surface area contributed by atoms with Gasteiger partial charge in [-0.1, -0.05) is 56.4 Å². The third kappa shape index (κ3) is 4.11. The second kappa shape index (κ2) is 10.0. The summed E-state index contributed by atoms with van der Waals surface area (Å²) in [6, 6.07) is 8.86. The maximum absolute atomic E-state index is 3.81. The van der Waals surface area contributed by atoms with Gasteiger partial charge in [0.15, 0.2) is 0 Å². The first-order chi connectivity index (χ1) is 13.2. The summed E-state index contributed by atoms with van der Waals surface area (Å²) in [4.78, 5) is 2.57. The molecule has 0 fully saturated rings. The molecule has 0 nitrogen and oxygen atoms in total. The van der Waals surface area contributed by atoms with E-state index in [9.17, 15) is 0 Å². The summed E-state index contributed by atoms with van der Waals surface area (Å²) in [6.07, 6.45) is 11.6. The van der Waals surface area contributed by atoms with Crippen LogP contribution in [0.4, 0.5) is 0 Å². The zero-order valence-electron chi connectivity index (χ0n) is 15.0. The molecule has 148 valence electrons. The summed E-state index contributed by atoms with van der Waals surface area (Å²) >= 11 is 13.0. The van der Waals surface area contributed by atoms with Gasteiger partial charge in [-0.15, -0.1) is 62.6 Å². The molecule has 2 aromatic carbocycles. The molecule has 4 aliphatic rings. The number of allylic oxidation sites excluding steroid dienone is 2. The number of hydrogen-bond donors (Lipinski definition) is 0. The number of halogens is 4. The van der Waals surface area contributed by atoms with Crippen LogP contribution in [-0.4, -0.2) is 10.5 Å². The van der Waals surface area contributed by atoms with Crippen LogP contribution in [0.2, 0.25) is 0 Å². The van der Waals surface area contributed by atoms with Gasteiger partial charge in [-0.2, -0.15) is 16.4 Å². The number of fused-ring (bicyclic) bond motifs is 4. The van der Waals surface area contributed by atoms with Crippen molar-refractivity contribution < 1.29 is 51.0 Å². The number of rotatable bonds is 2. The van der Waals surface area contributed by atoms with E-state index in [0.29, 0.717) is 10.5 Å². The summed E-state index contributed by atoms with van der Waals surface area (Å²) in [7, 11) is 0. The van der Waals surface area contributed by atoms with Crippen LogP contribution in [0.3, 0.4) is 0 Å². The van der Waals surface area contributed by atoms with Crippen LogP contribution < -0.4 is 45.7 Å². The molecule has 2 aliphatic heterocycles. The van der Waals surface area contributed by atoms with Crippen molar-refractivity contribution in [3.63, 3.8) is 0 Å². The molecule has 2 heterocycles. The van der Waals surface area contributed by atoms with Crippen LogP contribution in [0.25, 0.3) is 23.3 Å². The smallest absolute Gasteiger partial charge is 1.00 e. The van der Waals surface area contributed by atoms with E-state index < -0.39 is 0 Å². The van der Waals surface area contributed by atoms with Crippen LogP contribution in [-0.2, 0) is 26.2 Å². The van der Waals surface area contributed by atoms with E-state index >= 15 is 0 Å². The Hall–Kier alpha value is 0.873. The van der Waals surface area contributed by atoms with E-state index in [1.165, 1.54) is 41.8 Å². The second-order valence-corrected chi connectivity index (χ2v) is 11.5. The predicted octanol–water partition coefficient (Wildman–Crippen LogP) is -1.88. The average molecular weight is 692 g/mol. The summed E-state index contributed by atoms with van der Waals surface area (Å²) < 4.78 is 2.27. The van der Waals surface area contributed by atoms with Gasteiger partial charge in [0.2, 0.25) is 0 Å². The van der Waals surface area contributed by atoms with Gasteiger partial charge < -0.3 is 24.8 Å². The first kappa shape index (κ1) is 25.5. The van der Waals surface area contributed by atoms with Gasteiger partial charge in [-0.25, -0.2) is 12.2 Å². The molecule has 0 bridgehead atoms. The van der Waals surface area contributed by atoms with Gasteiger partial charge in [0.05, 0.1) is 0 Å². The van der Waals surface area contributed by atoms with Gasteiger partial charge in [0, 0.05) is 24.3 Å². The molecule has 2 unspecified atom stereocenters. The second-order valence-electron chi connectivity index (χ2n) is 6.61. The van der Waals surface area contributed by atoms with Crippen molar-refractivity contribution in [3.8, 4) is 0 Å². The molecule has 0 saturated heterocycles. The molecule has 0 N–H and O–H groups in total. The normalized spacial score (nSPS) is 20.9. The number of thioether (sulfide) groups is 2. The Morgan fingerprint density at radius 1 is 0.900 bits per heavy atom. The topological polar surface area (TPSA) is 0 Å². The van der Waals surface area contributed by atoms with E-state index in [0.717, 1.165) is 8.95 Å². The van der Waals surface area contributed by atoms with E-state index in [-0.39, 0.29) is 51.0 Å². The van der Waals surface area contributed by atoms with E-state index in [1.54, 1.807) is 0 Å². The molecule has 0 spiro atoms. The average Bonchev–Trinajstić information content (AvgIpc) is 3.36. The van der Waals surface area contributed by atoms with Crippen molar-refractivity contribution >= 4 is 90.4 Å². The van der Waals surface area contributed by atoms with Gasteiger partial charge >= 0.3 is 26.2 Å². The zero-order chi connectivity index (χ0) is 18.1. The monoisotopic (exact) mass is 688 g/mol. The number of benzene rings is 2. The van der Waals surface area contributed by atoms with Crippen molar-refractivity contribution in [3.05, 3.63) is 77.1 Å². The Bertz CT molecular complexity index is 1350. The van der Waals surface area contributed by atoms with Crippen molar-refractivity contribution in [2.45, 2.75) is 20.3 Å². The molecule has 6 rings (SSSR count). The summed E-state index contributed by atoms with van der Waals surface area (Å²) in [5.74, 6) is 0. The quantitative estimate of drug-likeness (QED) is 0.339. The maximum atomic E-state index is 3.81. The Morgan fingerprint density at radius 2 is 1.60 bits per heavy atom. The van der Waals surface area contributed by atoms with Crippen molar-refractivity contribution in [1.29, 1.82) is 0 Å². The minimum atomic E-state index is 0. The Kier molecular flexibility index (Phi) is 8.51. The van der Waals surface area contributed by atoms with Gasteiger partial charge in [0.25, 0.3) is 0 Å². The predicted molar refractivity (Wildman–Crippen MR) is 125 cm³/mol. The standard InChI is InChI=1S/C22H10Br2S3.2ClH.Zr/c23-12-7-11-8-18-15(4-6-25-18)21(11)20(9-12)27-22-16-10-19-14(3-5-26-19)13(16)1-2-17(22)24;;;/h1-2,5-10,18-19H;2*1H;/q-2;;;+4/p-2. The van der Waals surface area contributed by atoms with Gasteiger partial charge in [-0.05, 0) is 15.9 Å². The Morgan fingerprint density at radius 3 is 2.37 bits per heavy atom. The molecule has 0 aromatic heterocycles. The Labute approximate surface area is 236 Å². The molecule has 2 aliphatic carbocycles. The molecular formula is C22H10Br2Cl2S3Zr. The summed E-state index contributed by atoms with van der Waals surface area (Å²) in [5, 5.41) is 10.3. The van der Waals surface area contributed by atoms with Crippen molar-refractivity contribution in [1.82, 2.24) is 0 Å². The van der Waals surface area contributed by atoms with Crippen molar-refractivity contribution in [2.24, 2.45) is 0 Å². The maximum Gasteiger partial charge on any atom is 4.00 e. The van der Waals surface area contributed by atoms with Crippen LogP contribution in [0.1, 0.15) is 0 Å². The minimum absolute atomic E-state index is 0. The van der Waals surface area contributed by atoms with Crippen molar-refractivity contribution in [2.75, 3.05) is 0 Å². The molecule has 8 heteroatoms. The van der Waals surface area contributed by atoms with Crippen LogP contribution in [0.5, 0.6) is 0 Å². The third-order valence-electron chi connectivity index (χ3n) is 5.09.